The zero-order chi connectivity index (χ0) is 43.5. The molecule has 0 fully saturated rings. The van der Waals surface area contributed by atoms with E-state index < -0.39 is 32.5 Å². The molecule has 0 radical (unpaired) electrons. The quantitative estimate of drug-likeness (QED) is 0.0398. The average molecular weight is 852 g/mol. The molecule has 0 aliphatic rings. The third kappa shape index (κ3) is 22.8. The molecule has 11 nitrogen and oxygen atoms in total. The predicted octanol–water partition coefficient (Wildman–Crippen LogP) is 12.0. The minimum Gasteiger partial charge on any atom is -0.466 e. The van der Waals surface area contributed by atoms with Crippen LogP contribution in [0.5, 0.6) is 0 Å². The molecule has 0 spiro atoms. The molecule has 2 aromatic heterocycles. The molecule has 1 unspecified atom stereocenters. The fraction of sp³-hybridized carbons (Fsp3) is 0.787. The number of hydrogen-bond donors (Lipinski definition) is 1. The van der Waals surface area contributed by atoms with Gasteiger partial charge in [-0.3, -0.25) is 18.6 Å². The summed E-state index contributed by atoms with van der Waals surface area (Å²) in [6, 6.07) is 0. The van der Waals surface area contributed by atoms with E-state index in [1.807, 2.05) is 19.0 Å². The number of rotatable bonds is 36. The van der Waals surface area contributed by atoms with Crippen LogP contribution in [0.2, 0.25) is 0 Å². The van der Waals surface area contributed by atoms with Crippen LogP contribution < -0.4 is 0 Å². The second kappa shape index (κ2) is 30.6. The molecule has 0 amide bonds. The maximum Gasteiger partial charge on any atom is 0.472 e. The van der Waals surface area contributed by atoms with Crippen LogP contribution in [0.15, 0.2) is 8.83 Å². The van der Waals surface area contributed by atoms with E-state index >= 15 is 0 Å². The van der Waals surface area contributed by atoms with Crippen molar-refractivity contribution in [2.75, 3.05) is 40.5 Å². The summed E-state index contributed by atoms with van der Waals surface area (Å²) in [6.45, 7) is 12.8. The minimum atomic E-state index is -4.39. The Labute approximate surface area is 357 Å². The second-order valence-corrected chi connectivity index (χ2v) is 18.2. The average Bonchev–Trinajstić information content (AvgIpc) is 3.62. The van der Waals surface area contributed by atoms with Crippen LogP contribution in [0.3, 0.4) is 0 Å². The van der Waals surface area contributed by atoms with Crippen LogP contribution >= 0.6 is 7.82 Å². The van der Waals surface area contributed by atoms with Gasteiger partial charge in [0, 0.05) is 45.1 Å². The predicted molar refractivity (Wildman–Crippen MR) is 236 cm³/mol. The van der Waals surface area contributed by atoms with Gasteiger partial charge in [-0.05, 0) is 103 Å². The molecule has 0 bridgehead atoms. The first kappa shape index (κ1) is 52.7. The number of furan rings is 2. The van der Waals surface area contributed by atoms with E-state index in [9.17, 15) is 19.0 Å². The Morgan fingerprint density at radius 3 is 1.46 bits per heavy atom. The topological polar surface area (TPSA) is 138 Å². The number of phosphoric ester groups is 1. The highest BCUT2D eigenvalue weighted by molar-refractivity contribution is 7.47. The van der Waals surface area contributed by atoms with Crippen LogP contribution in [0.1, 0.15) is 188 Å². The van der Waals surface area contributed by atoms with Gasteiger partial charge >= 0.3 is 19.8 Å². The Morgan fingerprint density at radius 1 is 0.576 bits per heavy atom. The number of aryl methyl sites for hydroxylation is 4. The number of hydrogen-bond acceptors (Lipinski definition) is 10. The molecule has 0 saturated heterocycles. The Morgan fingerprint density at radius 2 is 1.00 bits per heavy atom. The van der Waals surface area contributed by atoms with Crippen molar-refractivity contribution < 1.29 is 46.4 Å². The van der Waals surface area contributed by atoms with Gasteiger partial charge in [0.15, 0.2) is 6.10 Å². The van der Waals surface area contributed by atoms with Gasteiger partial charge in [0.25, 0.3) is 0 Å². The molecule has 0 saturated carbocycles. The smallest absolute Gasteiger partial charge is 0.466 e. The first-order valence-corrected chi connectivity index (χ1v) is 24.5. The molecule has 0 aliphatic carbocycles. The summed E-state index contributed by atoms with van der Waals surface area (Å²) in [5.74, 6) is 3.72. The lowest BCUT2D eigenvalue weighted by Crippen LogP contribution is -2.29. The highest BCUT2D eigenvalue weighted by Gasteiger charge is 2.26. The molecule has 2 atom stereocenters. The lowest BCUT2D eigenvalue weighted by Gasteiger charge is -2.20. The molecule has 59 heavy (non-hydrogen) atoms. The number of nitrogens with zero attached hydrogens (tertiary/aromatic N) is 1. The molecule has 340 valence electrons. The number of likely N-dealkylation sites (N-methyl/N-ethyl adjacent to an activating group) is 1. The van der Waals surface area contributed by atoms with Gasteiger partial charge < -0.3 is 28.1 Å². The van der Waals surface area contributed by atoms with Gasteiger partial charge in [-0.2, -0.15) is 0 Å². The summed E-state index contributed by atoms with van der Waals surface area (Å²) in [7, 11) is -0.749. The van der Waals surface area contributed by atoms with E-state index in [0.717, 1.165) is 119 Å². The maximum atomic E-state index is 12.8. The highest BCUT2D eigenvalue weighted by atomic mass is 31.2. The lowest BCUT2D eigenvalue weighted by molar-refractivity contribution is -0.161. The van der Waals surface area contributed by atoms with Crippen molar-refractivity contribution in [1.82, 2.24) is 4.90 Å². The third-order valence-corrected chi connectivity index (χ3v) is 12.3. The first-order chi connectivity index (χ1) is 28.3. The van der Waals surface area contributed by atoms with Crippen LogP contribution in [-0.2, 0) is 58.4 Å². The molecule has 1 N–H and O–H groups in total. The van der Waals surface area contributed by atoms with Crippen LogP contribution in [-0.4, -0.2) is 68.3 Å². The Hall–Kier alpha value is -2.43. The van der Waals surface area contributed by atoms with E-state index in [-0.39, 0.29) is 26.1 Å². The van der Waals surface area contributed by atoms with Crippen molar-refractivity contribution >= 4 is 19.8 Å². The fourth-order valence-electron chi connectivity index (χ4n) is 7.21. The molecular formula is C47H82NO10P. The van der Waals surface area contributed by atoms with Gasteiger partial charge in [0.05, 0.1) is 13.2 Å². The SMILES string of the molecule is CCCCCc1oc(CCCCCCCCC(=O)OC[C@H](COP(=O)(O)OCCN(C)C)OC(=O)CCCCCCCCCCc2oc(CCC)c(C)c2C)c(C)c1C. The summed E-state index contributed by atoms with van der Waals surface area (Å²) in [5, 5.41) is 0. The standard InChI is InChI=1S/C47H82NO10P/c1-9-11-22-28-43-39(5)40(6)45(58-43)30-24-19-16-17-20-25-31-46(49)53-35-41(36-55-59(51,52)54-34-33-48(7)8)56-47(50)32-26-21-15-13-12-14-18-23-29-44-38(4)37(3)42(57-44)27-10-2/h41H,9-36H2,1-8H3,(H,51,52)/t41-/m1/s1. The highest BCUT2D eigenvalue weighted by Crippen LogP contribution is 2.43. The van der Waals surface area contributed by atoms with E-state index in [4.69, 9.17) is 27.4 Å². The van der Waals surface area contributed by atoms with Gasteiger partial charge in [-0.1, -0.05) is 90.9 Å². The third-order valence-electron chi connectivity index (χ3n) is 11.3. The van der Waals surface area contributed by atoms with E-state index in [0.29, 0.717) is 19.4 Å². The lowest BCUT2D eigenvalue weighted by atomic mass is 10.0. The normalized spacial score (nSPS) is 13.3. The molecule has 2 aromatic rings. The summed E-state index contributed by atoms with van der Waals surface area (Å²) in [5.41, 5.74) is 5.23. The van der Waals surface area contributed by atoms with Crippen molar-refractivity contribution in [3.05, 3.63) is 45.3 Å². The summed E-state index contributed by atoms with van der Waals surface area (Å²) < 4.78 is 46.0. The molecule has 2 rings (SSSR count). The summed E-state index contributed by atoms with van der Waals surface area (Å²) in [6.07, 6.45) is 22.5. The zero-order valence-corrected chi connectivity index (χ0v) is 39.3. The molecule has 0 aromatic carbocycles. The van der Waals surface area contributed by atoms with E-state index in [1.54, 1.807) is 0 Å². The maximum absolute atomic E-state index is 12.8. The zero-order valence-electron chi connectivity index (χ0n) is 38.4. The molecule has 2 heterocycles. The van der Waals surface area contributed by atoms with Gasteiger partial charge in [0.1, 0.15) is 29.6 Å². The van der Waals surface area contributed by atoms with Crippen molar-refractivity contribution in [2.24, 2.45) is 0 Å². The number of unbranched alkanes of at least 4 members (excludes halogenated alkanes) is 14. The monoisotopic (exact) mass is 852 g/mol. The van der Waals surface area contributed by atoms with Crippen LogP contribution in [0, 0.1) is 27.7 Å². The van der Waals surface area contributed by atoms with Gasteiger partial charge in [-0.25, -0.2) is 4.57 Å². The molecule has 0 aliphatic heterocycles. The minimum absolute atomic E-state index is 0.00610. The second-order valence-electron chi connectivity index (χ2n) is 16.7. The van der Waals surface area contributed by atoms with Crippen LogP contribution in [0.4, 0.5) is 0 Å². The van der Waals surface area contributed by atoms with Crippen LogP contribution in [0.25, 0.3) is 0 Å². The number of carbonyl (C=O) groups excluding carboxylic acids is 2. The van der Waals surface area contributed by atoms with Crippen molar-refractivity contribution in [3.8, 4) is 0 Å². The number of ether oxygens (including phenoxy) is 2. The Balaban J connectivity index is 1.65. The Kier molecular flexibility index (Phi) is 27.3. The molecular weight excluding hydrogens is 769 g/mol. The van der Waals surface area contributed by atoms with Gasteiger partial charge in [-0.15, -0.1) is 0 Å². The summed E-state index contributed by atoms with van der Waals surface area (Å²) in [4.78, 5) is 37.3. The molecule has 12 heteroatoms. The van der Waals surface area contributed by atoms with Crippen molar-refractivity contribution in [1.29, 1.82) is 0 Å². The Bertz CT molecular complexity index is 1500. The first-order valence-electron chi connectivity index (χ1n) is 23.0. The number of phosphoric acid groups is 1. The van der Waals surface area contributed by atoms with Crippen molar-refractivity contribution in [2.45, 2.75) is 202 Å². The van der Waals surface area contributed by atoms with Crippen molar-refractivity contribution in [3.63, 3.8) is 0 Å². The van der Waals surface area contributed by atoms with Gasteiger partial charge in [0.2, 0.25) is 0 Å². The fourth-order valence-corrected chi connectivity index (χ4v) is 7.95. The van der Waals surface area contributed by atoms with E-state index in [1.165, 1.54) is 54.4 Å². The number of carbonyl (C=O) groups is 2. The number of esters is 2. The van der Waals surface area contributed by atoms with E-state index in [2.05, 4.69) is 41.5 Å². The summed E-state index contributed by atoms with van der Waals surface area (Å²) >= 11 is 0. The largest absolute Gasteiger partial charge is 0.472 e.